The summed E-state index contributed by atoms with van der Waals surface area (Å²) in [6.45, 7) is -0.255. The number of anilines is 1. The molecule has 3 aromatic carbocycles. The van der Waals surface area contributed by atoms with Crippen molar-refractivity contribution in [2.24, 2.45) is 0 Å². The number of nitrogens with one attached hydrogen (secondary N) is 2. The van der Waals surface area contributed by atoms with Crippen LogP contribution in [-0.2, 0) is 9.53 Å². The number of benzene rings is 3. The summed E-state index contributed by atoms with van der Waals surface area (Å²) < 4.78 is 5.97. The number of amides is 2. The SMILES string of the molecule is O=C(Nc1ccc(C(=O)NC[C@H](O)C(=O)O)cc1Br)OCC1c2ccccc2-c2ccccc21. The topological polar surface area (TPSA) is 125 Å². The predicted octanol–water partition coefficient (Wildman–Crippen LogP) is 3.99. The molecule has 1 aliphatic carbocycles. The van der Waals surface area contributed by atoms with Gasteiger partial charge in [0.15, 0.2) is 6.10 Å². The fourth-order valence-corrected chi connectivity index (χ4v) is 4.36. The highest BCUT2D eigenvalue weighted by Crippen LogP contribution is 2.44. The van der Waals surface area contributed by atoms with Gasteiger partial charge in [0, 0.05) is 16.0 Å². The number of ether oxygens (including phenoxy) is 1. The molecule has 0 radical (unpaired) electrons. The van der Waals surface area contributed by atoms with Crippen molar-refractivity contribution in [3.8, 4) is 11.1 Å². The van der Waals surface area contributed by atoms with Gasteiger partial charge in [-0.1, -0.05) is 48.5 Å². The zero-order valence-corrected chi connectivity index (χ0v) is 19.4. The second-order valence-electron chi connectivity index (χ2n) is 7.71. The zero-order chi connectivity index (χ0) is 24.2. The lowest BCUT2D eigenvalue weighted by molar-refractivity contribution is -0.146. The highest BCUT2D eigenvalue weighted by molar-refractivity contribution is 9.10. The Morgan fingerprint density at radius 3 is 2.18 bits per heavy atom. The largest absolute Gasteiger partial charge is 0.479 e. The first kappa shape index (κ1) is 23.5. The van der Waals surface area contributed by atoms with Gasteiger partial charge in [-0.3, -0.25) is 10.1 Å². The normalized spacial score (nSPS) is 12.9. The third kappa shape index (κ3) is 4.95. The lowest BCUT2D eigenvalue weighted by Crippen LogP contribution is -2.36. The Hall–Kier alpha value is -3.69. The molecule has 0 unspecified atom stereocenters. The van der Waals surface area contributed by atoms with E-state index in [2.05, 4.69) is 38.7 Å². The van der Waals surface area contributed by atoms with Crippen molar-refractivity contribution in [2.45, 2.75) is 12.0 Å². The van der Waals surface area contributed by atoms with Crippen LogP contribution in [0.2, 0.25) is 0 Å². The Morgan fingerprint density at radius 1 is 0.971 bits per heavy atom. The summed E-state index contributed by atoms with van der Waals surface area (Å²) >= 11 is 3.31. The van der Waals surface area contributed by atoms with E-state index in [4.69, 9.17) is 9.84 Å². The molecule has 4 rings (SSSR count). The molecule has 0 aliphatic heterocycles. The summed E-state index contributed by atoms with van der Waals surface area (Å²) in [6.07, 6.45) is -2.33. The Labute approximate surface area is 203 Å². The van der Waals surface area contributed by atoms with Gasteiger partial charge in [0.25, 0.3) is 5.91 Å². The molecule has 0 saturated carbocycles. The van der Waals surface area contributed by atoms with E-state index in [0.29, 0.717) is 10.2 Å². The first-order chi connectivity index (χ1) is 16.3. The lowest BCUT2D eigenvalue weighted by atomic mass is 9.98. The fourth-order valence-electron chi connectivity index (χ4n) is 3.88. The fraction of sp³-hybridized carbons (Fsp3) is 0.160. The van der Waals surface area contributed by atoms with E-state index in [9.17, 15) is 19.5 Å². The van der Waals surface area contributed by atoms with E-state index >= 15 is 0 Å². The number of carboxylic acids is 1. The Morgan fingerprint density at radius 2 is 1.59 bits per heavy atom. The van der Waals surface area contributed by atoms with E-state index < -0.39 is 30.6 Å². The summed E-state index contributed by atoms with van der Waals surface area (Å²) in [6, 6.07) is 20.6. The monoisotopic (exact) mass is 524 g/mol. The number of hydrogen-bond donors (Lipinski definition) is 4. The number of hydrogen-bond acceptors (Lipinski definition) is 5. The average molecular weight is 525 g/mol. The van der Waals surface area contributed by atoms with Gasteiger partial charge in [-0.2, -0.15) is 0 Å². The van der Waals surface area contributed by atoms with Crippen LogP contribution in [0.15, 0.2) is 71.2 Å². The molecular formula is C25H21BrN2O6. The zero-order valence-electron chi connectivity index (χ0n) is 17.8. The number of aliphatic hydroxyl groups is 1. The molecule has 0 bridgehead atoms. The number of rotatable bonds is 7. The maximum atomic E-state index is 12.5. The third-order valence-electron chi connectivity index (χ3n) is 5.55. The number of carboxylic acid groups (broad SMARTS) is 1. The van der Waals surface area contributed by atoms with Crippen molar-refractivity contribution in [1.29, 1.82) is 0 Å². The Bertz CT molecular complexity index is 1220. The van der Waals surface area contributed by atoms with Crippen LogP contribution in [0.5, 0.6) is 0 Å². The molecule has 0 fully saturated rings. The molecule has 2 amide bonds. The standard InChI is InChI=1S/C25H21BrN2O6/c26-20-11-14(23(30)27-12-22(29)24(31)32)9-10-21(20)28-25(33)34-13-19-17-7-3-1-5-15(17)16-6-2-4-8-18(16)19/h1-11,19,22,29H,12-13H2,(H,27,30)(H,28,33)(H,31,32)/t22-/m0/s1. The summed E-state index contributed by atoms with van der Waals surface area (Å²) in [7, 11) is 0. The Balaban J connectivity index is 1.37. The van der Waals surface area contributed by atoms with Gasteiger partial charge in [0.1, 0.15) is 6.61 Å². The molecule has 174 valence electrons. The molecule has 8 nitrogen and oxygen atoms in total. The minimum atomic E-state index is -1.69. The van der Waals surface area contributed by atoms with Crippen molar-refractivity contribution >= 4 is 39.6 Å². The minimum Gasteiger partial charge on any atom is -0.479 e. The van der Waals surface area contributed by atoms with E-state index in [1.165, 1.54) is 18.2 Å². The van der Waals surface area contributed by atoms with E-state index in [0.717, 1.165) is 22.3 Å². The summed E-state index contributed by atoms with van der Waals surface area (Å²) in [5.74, 6) is -2.05. The van der Waals surface area contributed by atoms with Crippen LogP contribution in [0, 0.1) is 0 Å². The Kier molecular flexibility index (Phi) is 6.95. The summed E-state index contributed by atoms with van der Waals surface area (Å²) in [5, 5.41) is 22.9. The number of carbonyl (C=O) groups is 3. The van der Waals surface area contributed by atoms with Crippen LogP contribution in [-0.4, -0.2) is 47.4 Å². The first-order valence-electron chi connectivity index (χ1n) is 10.5. The molecule has 0 heterocycles. The van der Waals surface area contributed by atoms with Crippen LogP contribution in [0.25, 0.3) is 11.1 Å². The molecule has 4 N–H and O–H groups in total. The number of fused-ring (bicyclic) bond motifs is 3. The van der Waals surface area contributed by atoms with Gasteiger partial charge in [0.2, 0.25) is 0 Å². The van der Waals surface area contributed by atoms with Crippen molar-refractivity contribution in [1.82, 2.24) is 5.32 Å². The van der Waals surface area contributed by atoms with Crippen LogP contribution in [0.3, 0.4) is 0 Å². The van der Waals surface area contributed by atoms with Gasteiger partial charge >= 0.3 is 12.1 Å². The minimum absolute atomic E-state index is 0.0613. The lowest BCUT2D eigenvalue weighted by Gasteiger charge is -2.15. The molecule has 34 heavy (non-hydrogen) atoms. The molecular weight excluding hydrogens is 504 g/mol. The number of aliphatic carboxylic acids is 1. The highest BCUT2D eigenvalue weighted by Gasteiger charge is 2.29. The molecule has 0 saturated heterocycles. The third-order valence-corrected chi connectivity index (χ3v) is 6.21. The molecule has 1 atom stereocenters. The van der Waals surface area contributed by atoms with Crippen molar-refractivity contribution in [3.63, 3.8) is 0 Å². The van der Waals surface area contributed by atoms with Crippen LogP contribution in [0.4, 0.5) is 10.5 Å². The van der Waals surface area contributed by atoms with E-state index in [-0.39, 0.29) is 18.1 Å². The highest BCUT2D eigenvalue weighted by atomic mass is 79.9. The van der Waals surface area contributed by atoms with E-state index in [1.807, 2.05) is 36.4 Å². The van der Waals surface area contributed by atoms with Crippen molar-refractivity contribution in [2.75, 3.05) is 18.5 Å². The smallest absolute Gasteiger partial charge is 0.411 e. The molecule has 3 aromatic rings. The summed E-state index contributed by atoms with van der Waals surface area (Å²) in [4.78, 5) is 35.3. The molecule has 9 heteroatoms. The van der Waals surface area contributed by atoms with E-state index in [1.54, 1.807) is 0 Å². The van der Waals surface area contributed by atoms with Gasteiger partial charge in [-0.15, -0.1) is 0 Å². The van der Waals surface area contributed by atoms with Crippen LogP contribution in [0.1, 0.15) is 27.4 Å². The second-order valence-corrected chi connectivity index (χ2v) is 8.56. The van der Waals surface area contributed by atoms with Gasteiger partial charge in [-0.05, 0) is 56.4 Å². The molecule has 0 spiro atoms. The maximum absolute atomic E-state index is 12.5. The number of halogens is 1. The maximum Gasteiger partial charge on any atom is 0.411 e. The van der Waals surface area contributed by atoms with Crippen molar-refractivity contribution in [3.05, 3.63) is 87.9 Å². The van der Waals surface area contributed by atoms with Crippen molar-refractivity contribution < 1.29 is 29.3 Å². The first-order valence-corrected chi connectivity index (χ1v) is 11.2. The van der Waals surface area contributed by atoms with Gasteiger partial charge in [-0.25, -0.2) is 9.59 Å². The van der Waals surface area contributed by atoms with Gasteiger partial charge < -0.3 is 20.3 Å². The molecule has 1 aliphatic rings. The summed E-state index contributed by atoms with van der Waals surface area (Å²) in [5.41, 5.74) is 5.13. The predicted molar refractivity (Wildman–Crippen MR) is 129 cm³/mol. The second kappa shape index (κ2) is 10.1. The average Bonchev–Trinajstić information content (AvgIpc) is 3.16. The van der Waals surface area contributed by atoms with Gasteiger partial charge in [0.05, 0.1) is 12.2 Å². The quantitative estimate of drug-likeness (QED) is 0.370. The molecule has 0 aromatic heterocycles. The van der Waals surface area contributed by atoms with Crippen LogP contribution < -0.4 is 10.6 Å². The van der Waals surface area contributed by atoms with Crippen LogP contribution >= 0.6 is 15.9 Å². The number of aliphatic hydroxyl groups excluding tert-OH is 1. The number of carbonyl (C=O) groups excluding carboxylic acids is 2.